The molecule has 16 heavy (non-hydrogen) atoms. The van der Waals surface area contributed by atoms with Crippen LogP contribution in [0.4, 0.5) is 0 Å². The van der Waals surface area contributed by atoms with E-state index in [2.05, 4.69) is 16.5 Å². The Morgan fingerprint density at radius 3 is 2.81 bits per heavy atom. The van der Waals surface area contributed by atoms with Crippen molar-refractivity contribution in [2.24, 2.45) is 0 Å². The number of phenols is 1. The highest BCUT2D eigenvalue weighted by atomic mass is 16.3. The Morgan fingerprint density at radius 1 is 1.25 bits per heavy atom. The Bertz CT molecular complexity index is 509. The average Bonchev–Trinajstić information content (AvgIpc) is 2.30. The summed E-state index contributed by atoms with van der Waals surface area (Å²) in [4.78, 5) is 8.47. The zero-order valence-electron chi connectivity index (χ0n) is 8.80. The van der Waals surface area contributed by atoms with Crippen molar-refractivity contribution in [2.45, 2.75) is 6.42 Å². The largest absolute Gasteiger partial charge is 0.507 e. The van der Waals surface area contributed by atoms with Gasteiger partial charge in [0.05, 0.1) is 5.69 Å². The fourth-order valence-electron chi connectivity index (χ4n) is 1.47. The fourth-order valence-corrected chi connectivity index (χ4v) is 1.47. The highest BCUT2D eigenvalue weighted by Crippen LogP contribution is 2.26. The molecule has 0 aliphatic heterocycles. The van der Waals surface area contributed by atoms with Crippen LogP contribution in [0.1, 0.15) is 5.82 Å². The van der Waals surface area contributed by atoms with Gasteiger partial charge in [0.1, 0.15) is 11.6 Å². The number of benzene rings is 1. The van der Waals surface area contributed by atoms with E-state index in [1.54, 1.807) is 30.5 Å². The van der Waals surface area contributed by atoms with E-state index in [-0.39, 0.29) is 5.75 Å². The molecule has 0 aliphatic rings. The number of hydrogen-bond acceptors (Lipinski definition) is 3. The van der Waals surface area contributed by atoms with Crippen molar-refractivity contribution in [3.8, 4) is 17.0 Å². The Morgan fingerprint density at radius 2 is 2.06 bits per heavy atom. The van der Waals surface area contributed by atoms with Crippen LogP contribution in [-0.2, 0) is 6.42 Å². The van der Waals surface area contributed by atoms with Crippen molar-refractivity contribution in [3.05, 3.63) is 55.0 Å². The number of nitrogens with zero attached hydrogens (tertiary/aromatic N) is 2. The van der Waals surface area contributed by atoms with Gasteiger partial charge in [0, 0.05) is 18.2 Å². The minimum absolute atomic E-state index is 0.228. The van der Waals surface area contributed by atoms with Gasteiger partial charge in [-0.05, 0) is 18.2 Å². The highest BCUT2D eigenvalue weighted by molar-refractivity contribution is 5.66. The first-order valence-corrected chi connectivity index (χ1v) is 5.02. The molecule has 0 atom stereocenters. The third kappa shape index (κ3) is 2.08. The molecular weight excluding hydrogens is 200 g/mol. The molecule has 2 aromatic rings. The van der Waals surface area contributed by atoms with Crippen LogP contribution in [0.15, 0.2) is 49.2 Å². The topological polar surface area (TPSA) is 46.0 Å². The van der Waals surface area contributed by atoms with Gasteiger partial charge in [-0.15, -0.1) is 6.58 Å². The predicted molar refractivity (Wildman–Crippen MR) is 63.0 cm³/mol. The lowest BCUT2D eigenvalue weighted by atomic mass is 10.1. The smallest absolute Gasteiger partial charge is 0.132 e. The minimum atomic E-state index is 0.228. The molecule has 0 fully saturated rings. The van der Waals surface area contributed by atoms with E-state index >= 15 is 0 Å². The maximum absolute atomic E-state index is 9.70. The number of aromatic nitrogens is 2. The van der Waals surface area contributed by atoms with E-state index in [1.807, 2.05) is 12.1 Å². The first-order chi connectivity index (χ1) is 7.81. The first-order valence-electron chi connectivity index (χ1n) is 5.02. The normalized spacial score (nSPS) is 10.0. The van der Waals surface area contributed by atoms with Crippen LogP contribution < -0.4 is 0 Å². The molecular formula is C13H12N2O. The van der Waals surface area contributed by atoms with Crippen molar-refractivity contribution in [2.75, 3.05) is 0 Å². The van der Waals surface area contributed by atoms with Gasteiger partial charge in [-0.25, -0.2) is 9.97 Å². The number of para-hydroxylation sites is 1. The summed E-state index contributed by atoms with van der Waals surface area (Å²) in [6, 6.07) is 8.90. The molecule has 0 aliphatic carbocycles. The predicted octanol–water partition coefficient (Wildman–Crippen LogP) is 2.58. The van der Waals surface area contributed by atoms with Crippen LogP contribution in [0.25, 0.3) is 11.3 Å². The van der Waals surface area contributed by atoms with Gasteiger partial charge >= 0.3 is 0 Å². The maximum atomic E-state index is 9.70. The van der Waals surface area contributed by atoms with Gasteiger partial charge in [-0.2, -0.15) is 0 Å². The zero-order chi connectivity index (χ0) is 11.4. The quantitative estimate of drug-likeness (QED) is 0.795. The summed E-state index contributed by atoms with van der Waals surface area (Å²) in [5.74, 6) is 0.932. The zero-order valence-corrected chi connectivity index (χ0v) is 8.80. The molecule has 2 rings (SSSR count). The molecule has 0 spiro atoms. The van der Waals surface area contributed by atoms with Crippen molar-refractivity contribution in [1.29, 1.82) is 0 Å². The van der Waals surface area contributed by atoms with E-state index in [0.717, 1.165) is 11.3 Å². The molecule has 0 saturated heterocycles. The number of aromatic hydroxyl groups is 1. The van der Waals surface area contributed by atoms with Crippen molar-refractivity contribution >= 4 is 0 Å². The number of rotatable bonds is 3. The van der Waals surface area contributed by atoms with Crippen LogP contribution in [-0.4, -0.2) is 15.1 Å². The Kier molecular flexibility index (Phi) is 2.96. The molecule has 3 nitrogen and oxygen atoms in total. The lowest BCUT2D eigenvalue weighted by molar-refractivity contribution is 0.477. The maximum Gasteiger partial charge on any atom is 0.132 e. The number of hydrogen-bond donors (Lipinski definition) is 1. The Balaban J connectivity index is 2.44. The van der Waals surface area contributed by atoms with E-state index in [1.165, 1.54) is 0 Å². The Labute approximate surface area is 94.1 Å². The molecule has 3 heteroatoms. The monoisotopic (exact) mass is 212 g/mol. The van der Waals surface area contributed by atoms with Gasteiger partial charge < -0.3 is 5.11 Å². The summed E-state index contributed by atoms with van der Waals surface area (Å²) < 4.78 is 0. The van der Waals surface area contributed by atoms with Gasteiger partial charge in [0.25, 0.3) is 0 Å². The van der Waals surface area contributed by atoms with Crippen molar-refractivity contribution < 1.29 is 5.11 Å². The second-order valence-corrected chi connectivity index (χ2v) is 3.37. The summed E-state index contributed by atoms with van der Waals surface area (Å²) in [6.07, 6.45) is 4.07. The highest BCUT2D eigenvalue weighted by Gasteiger charge is 2.05. The van der Waals surface area contributed by atoms with Crippen LogP contribution in [0, 0.1) is 0 Å². The third-order valence-electron chi connectivity index (χ3n) is 2.21. The molecule has 1 aromatic heterocycles. The average molecular weight is 212 g/mol. The summed E-state index contributed by atoms with van der Waals surface area (Å²) in [7, 11) is 0. The van der Waals surface area contributed by atoms with Crippen LogP contribution in [0.3, 0.4) is 0 Å². The third-order valence-corrected chi connectivity index (χ3v) is 2.21. The molecule has 1 heterocycles. The molecule has 0 bridgehead atoms. The standard InChI is InChI=1S/C13H12N2O/c1-2-5-13-14-9-8-11(15-13)10-6-3-4-7-12(10)16/h2-4,6-9,16H,1,5H2. The first kappa shape index (κ1) is 10.4. The molecule has 1 aromatic carbocycles. The van der Waals surface area contributed by atoms with Gasteiger partial charge in [0.2, 0.25) is 0 Å². The molecule has 0 radical (unpaired) electrons. The number of allylic oxidation sites excluding steroid dienone is 1. The van der Waals surface area contributed by atoms with Gasteiger partial charge in [-0.1, -0.05) is 18.2 Å². The van der Waals surface area contributed by atoms with E-state index < -0.39 is 0 Å². The SMILES string of the molecule is C=CCc1nccc(-c2ccccc2O)n1. The second-order valence-electron chi connectivity index (χ2n) is 3.37. The molecule has 0 saturated carbocycles. The van der Waals surface area contributed by atoms with Gasteiger partial charge in [-0.3, -0.25) is 0 Å². The van der Waals surface area contributed by atoms with Crippen LogP contribution >= 0.6 is 0 Å². The van der Waals surface area contributed by atoms with Crippen molar-refractivity contribution in [1.82, 2.24) is 9.97 Å². The fraction of sp³-hybridized carbons (Fsp3) is 0.0769. The van der Waals surface area contributed by atoms with Gasteiger partial charge in [0.15, 0.2) is 0 Å². The summed E-state index contributed by atoms with van der Waals surface area (Å²) in [5, 5.41) is 9.70. The minimum Gasteiger partial charge on any atom is -0.507 e. The molecule has 1 N–H and O–H groups in total. The van der Waals surface area contributed by atoms with Crippen LogP contribution in [0.2, 0.25) is 0 Å². The summed E-state index contributed by atoms with van der Waals surface area (Å²) in [6.45, 7) is 3.65. The lowest BCUT2D eigenvalue weighted by Crippen LogP contribution is -1.94. The summed E-state index contributed by atoms with van der Waals surface area (Å²) >= 11 is 0. The van der Waals surface area contributed by atoms with Crippen LogP contribution in [0.5, 0.6) is 5.75 Å². The van der Waals surface area contributed by atoms with E-state index in [0.29, 0.717) is 12.2 Å². The van der Waals surface area contributed by atoms with Crippen molar-refractivity contribution in [3.63, 3.8) is 0 Å². The lowest BCUT2D eigenvalue weighted by Gasteiger charge is -2.04. The molecule has 0 unspecified atom stereocenters. The summed E-state index contributed by atoms with van der Waals surface area (Å²) in [5.41, 5.74) is 1.44. The molecule has 0 amide bonds. The number of phenolic OH excluding ortho intramolecular Hbond substituents is 1. The second kappa shape index (κ2) is 4.57. The Hall–Kier alpha value is -2.16. The van der Waals surface area contributed by atoms with E-state index in [4.69, 9.17) is 0 Å². The molecule has 80 valence electrons. The van der Waals surface area contributed by atoms with E-state index in [9.17, 15) is 5.11 Å².